The molecule has 1 atom stereocenters. The molecule has 112 valence electrons. The molecule has 1 rings (SSSR count). The largest absolute Gasteiger partial charge is 0.481 e. The molecule has 1 aromatic rings. The Balaban J connectivity index is 2.61. The number of carbonyl (C=O) groups is 2. The van der Waals surface area contributed by atoms with E-state index in [1.165, 1.54) is 0 Å². The van der Waals surface area contributed by atoms with Crippen LogP contribution in [0.1, 0.15) is 51.0 Å². The van der Waals surface area contributed by atoms with E-state index in [4.69, 9.17) is 5.11 Å². The number of amides is 2. The summed E-state index contributed by atoms with van der Waals surface area (Å²) in [6, 6.07) is 3.59. The Bertz CT molecular complexity index is 443. The van der Waals surface area contributed by atoms with Gasteiger partial charge in [0.05, 0.1) is 12.5 Å². The minimum atomic E-state index is -0.932. The zero-order chi connectivity index (χ0) is 15.2. The molecule has 0 spiro atoms. The van der Waals surface area contributed by atoms with Crippen molar-refractivity contribution in [1.82, 2.24) is 10.6 Å². The van der Waals surface area contributed by atoms with Crippen molar-refractivity contribution in [2.45, 2.75) is 51.6 Å². The van der Waals surface area contributed by atoms with Crippen molar-refractivity contribution >= 4 is 23.3 Å². The van der Waals surface area contributed by atoms with Crippen molar-refractivity contribution in [1.29, 1.82) is 0 Å². The second-order valence-corrected chi connectivity index (χ2v) is 6.39. The maximum atomic E-state index is 12.0. The molecule has 5 nitrogen and oxygen atoms in total. The maximum Gasteiger partial charge on any atom is 0.315 e. The van der Waals surface area contributed by atoms with Crippen molar-refractivity contribution in [2.24, 2.45) is 0 Å². The number of carboxylic acids is 1. The van der Waals surface area contributed by atoms with Gasteiger partial charge in [0.2, 0.25) is 0 Å². The van der Waals surface area contributed by atoms with Crippen LogP contribution >= 0.6 is 11.3 Å². The molecular weight excluding hydrogens is 276 g/mol. The van der Waals surface area contributed by atoms with Crippen LogP contribution in [-0.4, -0.2) is 22.6 Å². The van der Waals surface area contributed by atoms with Crippen molar-refractivity contribution in [3.8, 4) is 0 Å². The van der Waals surface area contributed by atoms with Crippen LogP contribution < -0.4 is 10.6 Å². The summed E-state index contributed by atoms with van der Waals surface area (Å²) in [6.45, 7) is 5.45. The summed E-state index contributed by atoms with van der Waals surface area (Å²) in [5.41, 5.74) is -0.776. The third-order valence-electron chi connectivity index (χ3n) is 2.81. The summed E-state index contributed by atoms with van der Waals surface area (Å²) < 4.78 is 0. The molecule has 0 aliphatic carbocycles. The minimum absolute atomic E-state index is 0.0272. The van der Waals surface area contributed by atoms with Crippen LogP contribution in [0.4, 0.5) is 4.79 Å². The highest BCUT2D eigenvalue weighted by Crippen LogP contribution is 2.23. The van der Waals surface area contributed by atoms with Gasteiger partial charge < -0.3 is 15.7 Å². The molecule has 20 heavy (non-hydrogen) atoms. The fraction of sp³-hybridized carbons (Fsp3) is 0.571. The van der Waals surface area contributed by atoms with Crippen molar-refractivity contribution in [2.75, 3.05) is 0 Å². The van der Waals surface area contributed by atoms with E-state index in [0.29, 0.717) is 0 Å². The predicted molar refractivity (Wildman–Crippen MR) is 80.0 cm³/mol. The maximum absolute atomic E-state index is 12.0. The van der Waals surface area contributed by atoms with E-state index >= 15 is 0 Å². The minimum Gasteiger partial charge on any atom is -0.481 e. The number of nitrogens with one attached hydrogen (secondary N) is 2. The van der Waals surface area contributed by atoms with E-state index < -0.39 is 11.5 Å². The van der Waals surface area contributed by atoms with Gasteiger partial charge in [-0.2, -0.15) is 0 Å². The first kappa shape index (κ1) is 16.5. The Morgan fingerprint density at radius 3 is 2.65 bits per heavy atom. The number of hydrogen-bond acceptors (Lipinski definition) is 3. The van der Waals surface area contributed by atoms with E-state index in [2.05, 4.69) is 17.6 Å². The van der Waals surface area contributed by atoms with Gasteiger partial charge in [0.1, 0.15) is 0 Å². The molecule has 3 N–H and O–H groups in total. The fourth-order valence-corrected chi connectivity index (χ4v) is 2.80. The quantitative estimate of drug-likeness (QED) is 0.723. The van der Waals surface area contributed by atoms with Gasteiger partial charge in [0.15, 0.2) is 0 Å². The lowest BCUT2D eigenvalue weighted by Gasteiger charge is -2.26. The molecule has 1 unspecified atom stereocenters. The normalized spacial score (nSPS) is 12.8. The molecule has 0 bridgehead atoms. The summed E-state index contributed by atoms with van der Waals surface area (Å²) in [5.74, 6) is -0.932. The average molecular weight is 298 g/mol. The lowest BCUT2D eigenvalue weighted by Crippen LogP contribution is -2.50. The van der Waals surface area contributed by atoms with Crippen molar-refractivity contribution < 1.29 is 14.7 Å². The molecule has 6 heteroatoms. The van der Waals surface area contributed by atoms with Crippen LogP contribution in [0.25, 0.3) is 0 Å². The first-order chi connectivity index (χ1) is 9.34. The van der Waals surface area contributed by atoms with E-state index in [1.54, 1.807) is 25.2 Å². The summed E-state index contributed by atoms with van der Waals surface area (Å²) in [5, 5.41) is 16.4. The highest BCUT2D eigenvalue weighted by atomic mass is 32.1. The van der Waals surface area contributed by atoms with Crippen LogP contribution in [0.15, 0.2) is 17.5 Å². The number of aliphatic carboxylic acids is 1. The molecule has 1 heterocycles. The Kier molecular flexibility index (Phi) is 6.01. The van der Waals surface area contributed by atoms with Gasteiger partial charge in [-0.05, 0) is 31.7 Å². The number of hydrogen-bond donors (Lipinski definition) is 3. The molecule has 0 fully saturated rings. The van der Waals surface area contributed by atoms with Crippen LogP contribution in [0.2, 0.25) is 0 Å². The van der Waals surface area contributed by atoms with Crippen LogP contribution in [0, 0.1) is 0 Å². The molecule has 0 saturated carbocycles. The standard InChI is InChI=1S/C14H22N2O3S/c1-4-6-10(11-7-5-8-20-11)15-13(19)16-14(2,3)9-12(17)18/h5,7-8,10H,4,6,9H2,1-3H3,(H,17,18)(H2,15,16,19). The Morgan fingerprint density at radius 2 is 2.15 bits per heavy atom. The Labute approximate surface area is 123 Å². The zero-order valence-electron chi connectivity index (χ0n) is 12.1. The predicted octanol–water partition coefficient (Wildman–Crippen LogP) is 3.14. The van der Waals surface area contributed by atoms with Gasteiger partial charge in [0, 0.05) is 10.4 Å². The second-order valence-electron chi connectivity index (χ2n) is 5.41. The van der Waals surface area contributed by atoms with Gasteiger partial charge in [-0.25, -0.2) is 4.79 Å². The first-order valence-electron chi connectivity index (χ1n) is 6.68. The van der Waals surface area contributed by atoms with Crippen molar-refractivity contribution in [3.05, 3.63) is 22.4 Å². The van der Waals surface area contributed by atoms with Crippen LogP contribution in [0.3, 0.4) is 0 Å². The molecule has 1 aromatic heterocycles. The van der Waals surface area contributed by atoms with E-state index in [0.717, 1.165) is 17.7 Å². The zero-order valence-corrected chi connectivity index (χ0v) is 12.9. The average Bonchev–Trinajstić information content (AvgIpc) is 2.78. The van der Waals surface area contributed by atoms with Crippen LogP contribution in [0.5, 0.6) is 0 Å². The van der Waals surface area contributed by atoms with Gasteiger partial charge in [0.25, 0.3) is 0 Å². The third-order valence-corrected chi connectivity index (χ3v) is 3.80. The highest BCUT2D eigenvalue weighted by Gasteiger charge is 2.25. The third kappa shape index (κ3) is 5.61. The summed E-state index contributed by atoms with van der Waals surface area (Å²) in [4.78, 5) is 23.9. The number of rotatable bonds is 7. The molecular formula is C14H22N2O3S. The lowest BCUT2D eigenvalue weighted by molar-refractivity contribution is -0.138. The summed E-state index contributed by atoms with van der Waals surface area (Å²) >= 11 is 1.60. The molecule has 0 aliphatic heterocycles. The Morgan fingerprint density at radius 1 is 1.45 bits per heavy atom. The smallest absolute Gasteiger partial charge is 0.315 e. The topological polar surface area (TPSA) is 78.4 Å². The fourth-order valence-electron chi connectivity index (χ4n) is 1.99. The number of thiophene rings is 1. The van der Waals surface area contributed by atoms with Gasteiger partial charge >= 0.3 is 12.0 Å². The Hall–Kier alpha value is -1.56. The lowest BCUT2D eigenvalue weighted by atomic mass is 10.0. The molecule has 0 aromatic carbocycles. The summed E-state index contributed by atoms with van der Waals surface area (Å²) in [6.07, 6.45) is 1.70. The van der Waals surface area contributed by atoms with E-state index in [-0.39, 0.29) is 18.5 Å². The monoisotopic (exact) mass is 298 g/mol. The highest BCUT2D eigenvalue weighted by molar-refractivity contribution is 7.10. The first-order valence-corrected chi connectivity index (χ1v) is 7.56. The number of carboxylic acid groups (broad SMARTS) is 1. The van der Waals surface area contributed by atoms with Gasteiger partial charge in [-0.15, -0.1) is 11.3 Å². The summed E-state index contributed by atoms with van der Waals surface area (Å²) in [7, 11) is 0. The molecule has 2 amide bonds. The van der Waals surface area contributed by atoms with Crippen molar-refractivity contribution in [3.63, 3.8) is 0 Å². The van der Waals surface area contributed by atoms with Crippen LogP contribution in [-0.2, 0) is 4.79 Å². The molecule has 0 saturated heterocycles. The van der Waals surface area contributed by atoms with Gasteiger partial charge in [-0.3, -0.25) is 4.79 Å². The van der Waals surface area contributed by atoms with Gasteiger partial charge in [-0.1, -0.05) is 19.4 Å². The number of urea groups is 1. The second kappa shape index (κ2) is 7.28. The molecule has 0 aliphatic rings. The number of carbonyl (C=O) groups excluding carboxylic acids is 1. The van der Waals surface area contributed by atoms with E-state index in [9.17, 15) is 9.59 Å². The van der Waals surface area contributed by atoms with E-state index in [1.807, 2.05) is 17.5 Å². The SMILES string of the molecule is CCCC(NC(=O)NC(C)(C)CC(=O)O)c1cccs1. The molecule has 0 radical (unpaired) electrons.